The van der Waals surface area contributed by atoms with Crippen LogP contribution in [0.5, 0.6) is 0 Å². The molecule has 0 bridgehead atoms. The molecule has 1 aromatic rings. The van der Waals surface area contributed by atoms with Crippen molar-refractivity contribution in [1.82, 2.24) is 0 Å². The lowest BCUT2D eigenvalue weighted by Crippen LogP contribution is -2.46. The second-order valence-electron chi connectivity index (χ2n) is 5.34. The summed E-state index contributed by atoms with van der Waals surface area (Å²) in [6.45, 7) is 2.37. The minimum Gasteiger partial charge on any atom is -0.465 e. The smallest absolute Gasteiger partial charge is 0.293 e. The van der Waals surface area contributed by atoms with Gasteiger partial charge in [-0.3, -0.25) is 4.79 Å². The number of carbonyl (C=O) groups excluding carboxylic acids is 1. The SMILES string of the molecule is CC(OC=O)C1CCC1(C#N)CCc1ccccc1. The van der Waals surface area contributed by atoms with Gasteiger partial charge in [0.05, 0.1) is 11.5 Å². The second-order valence-corrected chi connectivity index (χ2v) is 5.34. The van der Waals surface area contributed by atoms with Crippen LogP contribution < -0.4 is 0 Å². The van der Waals surface area contributed by atoms with Gasteiger partial charge in [0, 0.05) is 5.92 Å². The molecule has 3 nitrogen and oxygen atoms in total. The molecule has 1 saturated carbocycles. The molecule has 3 atom stereocenters. The van der Waals surface area contributed by atoms with Gasteiger partial charge in [0.25, 0.3) is 6.47 Å². The van der Waals surface area contributed by atoms with Gasteiger partial charge in [-0.15, -0.1) is 0 Å². The summed E-state index contributed by atoms with van der Waals surface area (Å²) in [5.74, 6) is 0.173. The fourth-order valence-electron chi connectivity index (χ4n) is 3.04. The minimum absolute atomic E-state index is 0.165. The van der Waals surface area contributed by atoms with Crippen LogP contribution in [0.1, 0.15) is 31.7 Å². The van der Waals surface area contributed by atoms with E-state index in [4.69, 9.17) is 4.74 Å². The molecule has 1 aromatic carbocycles. The zero-order chi connectivity index (χ0) is 13.7. The molecule has 0 spiro atoms. The molecule has 3 unspecified atom stereocenters. The molecule has 0 saturated heterocycles. The van der Waals surface area contributed by atoms with Gasteiger partial charge in [-0.1, -0.05) is 30.3 Å². The summed E-state index contributed by atoms with van der Waals surface area (Å²) in [5, 5.41) is 9.51. The molecule has 0 heterocycles. The van der Waals surface area contributed by atoms with E-state index in [1.165, 1.54) is 5.56 Å². The highest BCUT2D eigenvalue weighted by molar-refractivity contribution is 5.37. The number of nitrogens with zero attached hydrogens (tertiary/aromatic N) is 1. The third-order valence-corrected chi connectivity index (χ3v) is 4.37. The van der Waals surface area contributed by atoms with E-state index >= 15 is 0 Å². The largest absolute Gasteiger partial charge is 0.465 e. The topological polar surface area (TPSA) is 50.1 Å². The molecular weight excluding hydrogens is 238 g/mol. The van der Waals surface area contributed by atoms with Crippen LogP contribution in [0.3, 0.4) is 0 Å². The predicted octanol–water partition coefficient (Wildman–Crippen LogP) is 3.10. The Morgan fingerprint density at radius 2 is 2.26 bits per heavy atom. The first-order valence-corrected chi connectivity index (χ1v) is 6.76. The van der Waals surface area contributed by atoms with Crippen molar-refractivity contribution in [2.45, 2.75) is 38.7 Å². The van der Waals surface area contributed by atoms with Crippen molar-refractivity contribution in [1.29, 1.82) is 5.26 Å². The van der Waals surface area contributed by atoms with Gasteiger partial charge >= 0.3 is 0 Å². The standard InChI is InChI=1S/C16H19NO2/c1-13(19-12-18)15-8-10-16(15,11-17)9-7-14-5-3-2-4-6-14/h2-6,12-13,15H,7-10H2,1H3. The quantitative estimate of drug-likeness (QED) is 0.736. The summed E-state index contributed by atoms with van der Waals surface area (Å²) in [7, 11) is 0. The molecule has 3 heteroatoms. The summed E-state index contributed by atoms with van der Waals surface area (Å²) in [5.41, 5.74) is 0.935. The highest BCUT2D eigenvalue weighted by atomic mass is 16.5. The van der Waals surface area contributed by atoms with Crippen molar-refractivity contribution in [3.8, 4) is 6.07 Å². The van der Waals surface area contributed by atoms with Crippen molar-refractivity contribution in [3.63, 3.8) is 0 Å². The van der Waals surface area contributed by atoms with Crippen LogP contribution in [-0.4, -0.2) is 12.6 Å². The Bertz CT molecular complexity index is 465. The predicted molar refractivity (Wildman–Crippen MR) is 72.1 cm³/mol. The molecule has 0 radical (unpaired) electrons. The molecule has 1 fully saturated rings. The van der Waals surface area contributed by atoms with Gasteiger partial charge in [0.2, 0.25) is 0 Å². The van der Waals surface area contributed by atoms with Gasteiger partial charge in [0.1, 0.15) is 6.10 Å². The summed E-state index contributed by atoms with van der Waals surface area (Å²) >= 11 is 0. The van der Waals surface area contributed by atoms with Crippen molar-refractivity contribution in [2.75, 3.05) is 0 Å². The molecule has 100 valence electrons. The Hall–Kier alpha value is -1.82. The van der Waals surface area contributed by atoms with Gasteiger partial charge < -0.3 is 4.74 Å². The average Bonchev–Trinajstić information content (AvgIpc) is 2.40. The van der Waals surface area contributed by atoms with Crippen molar-refractivity contribution >= 4 is 6.47 Å². The normalized spacial score (nSPS) is 26.8. The first kappa shape index (κ1) is 13.6. The third kappa shape index (κ3) is 2.78. The molecule has 0 aliphatic heterocycles. The van der Waals surface area contributed by atoms with Crippen molar-refractivity contribution in [2.24, 2.45) is 11.3 Å². The maximum atomic E-state index is 10.4. The number of ether oxygens (including phenoxy) is 1. The molecule has 2 rings (SSSR count). The van der Waals surface area contributed by atoms with E-state index < -0.39 is 0 Å². The summed E-state index contributed by atoms with van der Waals surface area (Å²) in [6.07, 6.45) is 3.45. The monoisotopic (exact) mass is 257 g/mol. The van der Waals surface area contributed by atoms with E-state index in [1.54, 1.807) is 0 Å². The second kappa shape index (κ2) is 5.88. The van der Waals surface area contributed by atoms with Gasteiger partial charge in [0.15, 0.2) is 0 Å². The highest BCUT2D eigenvalue weighted by Crippen LogP contribution is 2.51. The maximum Gasteiger partial charge on any atom is 0.293 e. The number of rotatable bonds is 6. The molecule has 19 heavy (non-hydrogen) atoms. The minimum atomic E-state index is -0.321. The fourth-order valence-corrected chi connectivity index (χ4v) is 3.04. The fraction of sp³-hybridized carbons (Fsp3) is 0.500. The Balaban J connectivity index is 2.00. The molecule has 0 amide bonds. The lowest BCUT2D eigenvalue weighted by Gasteiger charge is -2.46. The van der Waals surface area contributed by atoms with Crippen molar-refractivity contribution < 1.29 is 9.53 Å². The number of aryl methyl sites for hydroxylation is 1. The Morgan fingerprint density at radius 1 is 1.53 bits per heavy atom. The van der Waals surface area contributed by atoms with Gasteiger partial charge in [-0.2, -0.15) is 5.26 Å². The van der Waals surface area contributed by atoms with Gasteiger partial charge in [-0.25, -0.2) is 0 Å². The van der Waals surface area contributed by atoms with E-state index in [9.17, 15) is 10.1 Å². The van der Waals surface area contributed by atoms with Crippen LogP contribution in [0, 0.1) is 22.7 Å². The third-order valence-electron chi connectivity index (χ3n) is 4.37. The van der Waals surface area contributed by atoms with E-state index in [-0.39, 0.29) is 17.4 Å². The number of benzene rings is 1. The van der Waals surface area contributed by atoms with Crippen LogP contribution >= 0.6 is 0 Å². The molecule has 0 aromatic heterocycles. The molecule has 0 N–H and O–H groups in total. The first-order valence-electron chi connectivity index (χ1n) is 6.76. The number of carbonyl (C=O) groups is 1. The average molecular weight is 257 g/mol. The van der Waals surface area contributed by atoms with E-state index in [2.05, 4.69) is 18.2 Å². The van der Waals surface area contributed by atoms with E-state index in [1.807, 2.05) is 25.1 Å². The number of nitriles is 1. The van der Waals surface area contributed by atoms with Crippen LogP contribution in [0.25, 0.3) is 0 Å². The summed E-state index contributed by atoms with van der Waals surface area (Å²) < 4.78 is 5.02. The summed E-state index contributed by atoms with van der Waals surface area (Å²) in [4.78, 5) is 10.4. The van der Waals surface area contributed by atoms with Crippen LogP contribution in [0.15, 0.2) is 30.3 Å². The lowest BCUT2D eigenvalue weighted by molar-refractivity contribution is -0.141. The zero-order valence-electron chi connectivity index (χ0n) is 11.2. The van der Waals surface area contributed by atoms with E-state index in [0.717, 1.165) is 25.7 Å². The van der Waals surface area contributed by atoms with Crippen molar-refractivity contribution in [3.05, 3.63) is 35.9 Å². The highest BCUT2D eigenvalue weighted by Gasteiger charge is 2.49. The number of hydrogen-bond donors (Lipinski definition) is 0. The van der Waals surface area contributed by atoms with Crippen LogP contribution in [0.2, 0.25) is 0 Å². The van der Waals surface area contributed by atoms with Crippen LogP contribution in [-0.2, 0) is 16.0 Å². The lowest BCUT2D eigenvalue weighted by atomic mass is 9.57. The summed E-state index contributed by atoms with van der Waals surface area (Å²) in [6, 6.07) is 12.7. The van der Waals surface area contributed by atoms with Crippen LogP contribution in [0.4, 0.5) is 0 Å². The Labute approximate surface area is 114 Å². The van der Waals surface area contributed by atoms with E-state index in [0.29, 0.717) is 6.47 Å². The Morgan fingerprint density at radius 3 is 2.79 bits per heavy atom. The molecule has 1 aliphatic carbocycles. The first-order chi connectivity index (χ1) is 9.22. The Kier molecular flexibility index (Phi) is 4.21. The molecular formula is C16H19NO2. The zero-order valence-corrected chi connectivity index (χ0v) is 11.2. The number of hydrogen-bond acceptors (Lipinski definition) is 3. The maximum absolute atomic E-state index is 10.4. The van der Waals surface area contributed by atoms with Gasteiger partial charge in [-0.05, 0) is 38.2 Å². The molecule has 1 aliphatic rings.